The lowest BCUT2D eigenvalue weighted by Gasteiger charge is -2.37. The number of aromatic nitrogens is 2. The van der Waals surface area contributed by atoms with Crippen LogP contribution in [0.15, 0.2) is 12.3 Å². The van der Waals surface area contributed by atoms with Gasteiger partial charge in [-0.05, 0) is 52.1 Å². The fourth-order valence-electron chi connectivity index (χ4n) is 4.26. The minimum absolute atomic E-state index is 0.0839. The largest absolute Gasteiger partial charge is 0.393 e. The van der Waals surface area contributed by atoms with Crippen LogP contribution in [0.5, 0.6) is 0 Å². The van der Waals surface area contributed by atoms with Crippen LogP contribution in [-0.2, 0) is 6.54 Å². The lowest BCUT2D eigenvalue weighted by Crippen LogP contribution is -2.42. The van der Waals surface area contributed by atoms with Crippen molar-refractivity contribution in [3.63, 3.8) is 0 Å². The molecule has 21 heavy (non-hydrogen) atoms. The highest BCUT2D eigenvalue weighted by Gasteiger charge is 2.37. The summed E-state index contributed by atoms with van der Waals surface area (Å²) in [5.41, 5.74) is 1.31. The van der Waals surface area contributed by atoms with E-state index in [2.05, 4.69) is 34.6 Å². The number of aliphatic hydroxyl groups is 1. The molecular formula is C17H29N3O. The minimum Gasteiger partial charge on any atom is -0.393 e. The Bertz CT molecular complexity index is 457. The third-order valence-corrected chi connectivity index (χ3v) is 5.30. The second kappa shape index (κ2) is 6.49. The molecule has 2 fully saturated rings. The summed E-state index contributed by atoms with van der Waals surface area (Å²) in [5.74, 6) is 0.483. The molecule has 1 aromatic heterocycles. The van der Waals surface area contributed by atoms with Crippen LogP contribution in [0.2, 0.25) is 0 Å². The molecule has 0 bridgehead atoms. The maximum absolute atomic E-state index is 10.4. The second-order valence-electron chi connectivity index (χ2n) is 7.06. The van der Waals surface area contributed by atoms with Gasteiger partial charge in [-0.2, -0.15) is 5.10 Å². The fraction of sp³-hybridized carbons (Fsp3) is 0.824. The van der Waals surface area contributed by atoms with Gasteiger partial charge < -0.3 is 5.11 Å². The van der Waals surface area contributed by atoms with Crippen LogP contribution < -0.4 is 0 Å². The smallest absolute Gasteiger partial charge is 0.0583 e. The zero-order valence-corrected chi connectivity index (χ0v) is 13.4. The van der Waals surface area contributed by atoms with Gasteiger partial charge in [0.15, 0.2) is 0 Å². The molecule has 4 nitrogen and oxygen atoms in total. The van der Waals surface area contributed by atoms with Gasteiger partial charge in [-0.15, -0.1) is 0 Å². The molecule has 1 saturated heterocycles. The summed E-state index contributed by atoms with van der Waals surface area (Å²) < 4.78 is 2.13. The Labute approximate surface area is 128 Å². The van der Waals surface area contributed by atoms with Crippen molar-refractivity contribution >= 4 is 0 Å². The molecule has 118 valence electrons. The molecule has 1 N–H and O–H groups in total. The molecule has 1 aromatic rings. The van der Waals surface area contributed by atoms with E-state index >= 15 is 0 Å². The number of hydrogen-bond acceptors (Lipinski definition) is 3. The molecule has 2 aliphatic rings. The van der Waals surface area contributed by atoms with Gasteiger partial charge in [0.2, 0.25) is 0 Å². The summed E-state index contributed by atoms with van der Waals surface area (Å²) in [7, 11) is 0. The van der Waals surface area contributed by atoms with E-state index in [1.54, 1.807) is 0 Å². The highest BCUT2D eigenvalue weighted by Crippen LogP contribution is 2.35. The van der Waals surface area contributed by atoms with E-state index in [0.717, 1.165) is 19.5 Å². The van der Waals surface area contributed by atoms with Gasteiger partial charge in [0.25, 0.3) is 0 Å². The van der Waals surface area contributed by atoms with E-state index in [4.69, 9.17) is 0 Å². The summed E-state index contributed by atoms with van der Waals surface area (Å²) in [6.07, 6.45) is 9.03. The Morgan fingerprint density at radius 2 is 2.05 bits per heavy atom. The number of aliphatic hydroxyl groups excluding tert-OH is 1. The first-order valence-electron chi connectivity index (χ1n) is 8.61. The molecule has 3 rings (SSSR count). The minimum atomic E-state index is -0.0839. The summed E-state index contributed by atoms with van der Waals surface area (Å²) in [6, 6.07) is 3.12. The van der Waals surface area contributed by atoms with Crippen LogP contribution in [0.4, 0.5) is 0 Å². The lowest BCUT2D eigenvalue weighted by atomic mass is 9.80. The van der Waals surface area contributed by atoms with Gasteiger partial charge in [-0.3, -0.25) is 9.58 Å². The van der Waals surface area contributed by atoms with Crippen molar-refractivity contribution in [2.24, 2.45) is 5.92 Å². The van der Waals surface area contributed by atoms with E-state index in [9.17, 15) is 5.11 Å². The molecule has 1 saturated carbocycles. The van der Waals surface area contributed by atoms with E-state index in [1.807, 2.05) is 6.20 Å². The predicted octanol–water partition coefficient (Wildman–Crippen LogP) is 2.98. The highest BCUT2D eigenvalue weighted by atomic mass is 16.3. The average Bonchev–Trinajstić information content (AvgIpc) is 3.09. The maximum atomic E-state index is 10.4. The molecule has 1 aliphatic carbocycles. The standard InChI is InChI=1S/C17H29N3O/c1-13(2)20-14(9-10-18-20)12-19-11-5-7-16(19)15-6-3-4-8-17(15)21/h9-10,13,15-17,21H,3-8,11-12H2,1-2H3/t15-,16-,17+/m1/s1. The van der Waals surface area contributed by atoms with Crippen LogP contribution in [-0.4, -0.2) is 38.5 Å². The molecule has 0 aromatic carbocycles. The van der Waals surface area contributed by atoms with E-state index in [-0.39, 0.29) is 6.10 Å². The van der Waals surface area contributed by atoms with E-state index in [1.165, 1.54) is 37.8 Å². The van der Waals surface area contributed by atoms with Crippen molar-refractivity contribution in [1.29, 1.82) is 0 Å². The fourth-order valence-corrected chi connectivity index (χ4v) is 4.26. The third kappa shape index (κ3) is 3.16. The van der Waals surface area contributed by atoms with Crippen molar-refractivity contribution in [3.8, 4) is 0 Å². The number of hydrogen-bond donors (Lipinski definition) is 1. The predicted molar refractivity (Wildman–Crippen MR) is 84.0 cm³/mol. The van der Waals surface area contributed by atoms with Crippen molar-refractivity contribution in [2.45, 2.75) is 77.1 Å². The summed E-state index contributed by atoms with van der Waals surface area (Å²) in [5, 5.41) is 14.8. The first kappa shape index (κ1) is 15.0. The molecule has 4 heteroatoms. The Morgan fingerprint density at radius 3 is 2.81 bits per heavy atom. The quantitative estimate of drug-likeness (QED) is 0.927. The van der Waals surface area contributed by atoms with Gasteiger partial charge in [0.1, 0.15) is 0 Å². The second-order valence-corrected chi connectivity index (χ2v) is 7.06. The Hall–Kier alpha value is -0.870. The Kier molecular flexibility index (Phi) is 4.65. The molecule has 0 unspecified atom stereocenters. The number of rotatable bonds is 4. The Balaban J connectivity index is 1.70. The van der Waals surface area contributed by atoms with Gasteiger partial charge in [0.05, 0.1) is 11.8 Å². The maximum Gasteiger partial charge on any atom is 0.0583 e. The van der Waals surface area contributed by atoms with Crippen LogP contribution in [0, 0.1) is 5.92 Å². The van der Waals surface area contributed by atoms with Crippen molar-refractivity contribution in [2.75, 3.05) is 6.54 Å². The van der Waals surface area contributed by atoms with E-state index in [0.29, 0.717) is 18.0 Å². The van der Waals surface area contributed by atoms with Crippen LogP contribution in [0.3, 0.4) is 0 Å². The van der Waals surface area contributed by atoms with Crippen molar-refractivity contribution in [1.82, 2.24) is 14.7 Å². The first-order chi connectivity index (χ1) is 10.2. The van der Waals surface area contributed by atoms with Gasteiger partial charge in [0, 0.05) is 30.7 Å². The zero-order valence-electron chi connectivity index (χ0n) is 13.4. The van der Waals surface area contributed by atoms with Gasteiger partial charge >= 0.3 is 0 Å². The number of likely N-dealkylation sites (tertiary alicyclic amines) is 1. The van der Waals surface area contributed by atoms with Crippen LogP contribution >= 0.6 is 0 Å². The zero-order chi connectivity index (χ0) is 14.8. The highest BCUT2D eigenvalue weighted by molar-refractivity contribution is 5.03. The van der Waals surface area contributed by atoms with Crippen LogP contribution in [0.1, 0.15) is 64.1 Å². The van der Waals surface area contributed by atoms with Crippen LogP contribution in [0.25, 0.3) is 0 Å². The topological polar surface area (TPSA) is 41.3 Å². The van der Waals surface area contributed by atoms with Gasteiger partial charge in [-0.25, -0.2) is 0 Å². The van der Waals surface area contributed by atoms with Gasteiger partial charge in [-0.1, -0.05) is 12.8 Å². The molecule has 1 aliphatic heterocycles. The first-order valence-corrected chi connectivity index (χ1v) is 8.61. The molecule has 0 amide bonds. The molecular weight excluding hydrogens is 262 g/mol. The summed E-state index contributed by atoms with van der Waals surface area (Å²) >= 11 is 0. The monoisotopic (exact) mass is 291 g/mol. The SMILES string of the molecule is CC(C)n1nccc1CN1CCC[C@@H]1[C@H]1CCCC[C@@H]1O. The molecule has 3 atom stereocenters. The summed E-state index contributed by atoms with van der Waals surface area (Å²) in [4.78, 5) is 2.59. The third-order valence-electron chi connectivity index (χ3n) is 5.30. The van der Waals surface area contributed by atoms with Crippen molar-refractivity contribution in [3.05, 3.63) is 18.0 Å². The normalized spacial score (nSPS) is 31.1. The summed E-state index contributed by atoms with van der Waals surface area (Å²) in [6.45, 7) is 6.51. The van der Waals surface area contributed by atoms with Crippen molar-refractivity contribution < 1.29 is 5.11 Å². The number of nitrogens with zero attached hydrogens (tertiary/aromatic N) is 3. The average molecular weight is 291 g/mol. The molecule has 0 spiro atoms. The lowest BCUT2D eigenvalue weighted by molar-refractivity contribution is 0.0195. The molecule has 2 heterocycles. The van der Waals surface area contributed by atoms with E-state index < -0.39 is 0 Å². The Morgan fingerprint density at radius 1 is 1.24 bits per heavy atom. The molecule has 0 radical (unpaired) electrons.